The van der Waals surface area contributed by atoms with E-state index in [0.717, 1.165) is 0 Å². The van der Waals surface area contributed by atoms with Gasteiger partial charge in [0.25, 0.3) is 0 Å². The van der Waals surface area contributed by atoms with E-state index in [1.165, 1.54) is 0 Å². The maximum Gasteiger partial charge on any atom is 0.341 e. The fraction of sp³-hybridized carbons (Fsp3) is 0.667. The van der Waals surface area contributed by atoms with Crippen LogP contribution in [0.2, 0.25) is 0 Å². The number of nitrogens with two attached hydrogens (primary N) is 1. The van der Waals surface area contributed by atoms with E-state index in [9.17, 15) is 0 Å². The lowest BCUT2D eigenvalue weighted by Crippen LogP contribution is -2.42. The molecule has 0 amide bonds. The Morgan fingerprint density at radius 2 is 2.36 bits per heavy atom. The second kappa shape index (κ2) is 2.87. The molecule has 1 rings (SSSR count). The molecule has 0 fully saturated rings. The Kier molecular flexibility index (Phi) is 2.09. The second-order valence-electron chi connectivity index (χ2n) is 2.65. The standard InChI is InChI=1S/C6H12N4O/c1-4(2)10-3-8-5(7)9-6(10)11/h3-4,6,11H,1-2H3,(H2,7,9)/p+1. The van der Waals surface area contributed by atoms with E-state index in [2.05, 4.69) is 9.98 Å². The Morgan fingerprint density at radius 3 is 2.82 bits per heavy atom. The van der Waals surface area contributed by atoms with Crippen LogP contribution in [0.25, 0.3) is 0 Å². The summed E-state index contributed by atoms with van der Waals surface area (Å²) in [6.45, 7) is 3.95. The molecule has 5 heteroatoms. The van der Waals surface area contributed by atoms with E-state index < -0.39 is 6.35 Å². The van der Waals surface area contributed by atoms with Gasteiger partial charge in [-0.25, -0.2) is 4.99 Å². The molecule has 1 heterocycles. The molecular weight excluding hydrogens is 144 g/mol. The Balaban J connectivity index is 2.69. The van der Waals surface area contributed by atoms with Gasteiger partial charge in [-0.3, -0.25) is 4.90 Å². The van der Waals surface area contributed by atoms with Gasteiger partial charge in [0.15, 0.2) is 0 Å². The van der Waals surface area contributed by atoms with Gasteiger partial charge >= 0.3 is 6.35 Å². The van der Waals surface area contributed by atoms with Crippen molar-refractivity contribution < 1.29 is 5.11 Å². The number of aliphatic imine (C=N–C) groups is 2. The SMILES string of the molecule is CC(C)N1C=NC(N)=NC1[OH2+]. The van der Waals surface area contributed by atoms with Gasteiger partial charge in [-0.2, -0.15) is 0 Å². The lowest BCUT2D eigenvalue weighted by Gasteiger charge is -2.25. The number of nitrogens with zero attached hydrogens (tertiary/aromatic N) is 3. The lowest BCUT2D eigenvalue weighted by atomic mass is 10.3. The van der Waals surface area contributed by atoms with Crippen LogP contribution in [0.3, 0.4) is 0 Å². The minimum absolute atomic E-state index is 0.182. The smallest absolute Gasteiger partial charge is 0.341 e. The molecule has 0 aromatic heterocycles. The van der Waals surface area contributed by atoms with Crippen LogP contribution in [0.5, 0.6) is 0 Å². The Morgan fingerprint density at radius 1 is 1.73 bits per heavy atom. The van der Waals surface area contributed by atoms with Crippen LogP contribution in [0, 0.1) is 0 Å². The summed E-state index contributed by atoms with van der Waals surface area (Å²) in [6, 6.07) is 0.234. The average molecular weight is 157 g/mol. The zero-order valence-corrected chi connectivity index (χ0v) is 6.65. The first kappa shape index (κ1) is 8.00. The van der Waals surface area contributed by atoms with Crippen LogP contribution in [0.4, 0.5) is 0 Å². The molecule has 0 saturated carbocycles. The van der Waals surface area contributed by atoms with Crippen LogP contribution in [-0.2, 0) is 0 Å². The van der Waals surface area contributed by atoms with Gasteiger partial charge in [-0.15, -0.1) is 4.99 Å². The molecule has 1 aliphatic rings. The maximum atomic E-state index is 7.46. The van der Waals surface area contributed by atoms with Crippen molar-refractivity contribution in [2.24, 2.45) is 15.7 Å². The first-order valence-corrected chi connectivity index (χ1v) is 3.47. The van der Waals surface area contributed by atoms with Crippen LogP contribution in [-0.4, -0.2) is 34.7 Å². The van der Waals surface area contributed by atoms with Crippen LogP contribution >= 0.6 is 0 Å². The summed E-state index contributed by atoms with van der Waals surface area (Å²) in [5.41, 5.74) is 5.29. The third-order valence-corrected chi connectivity index (χ3v) is 1.46. The van der Waals surface area contributed by atoms with Crippen molar-refractivity contribution in [1.82, 2.24) is 4.90 Å². The molecular formula is C6H13N4O+. The molecule has 1 unspecified atom stereocenters. The highest BCUT2D eigenvalue weighted by Gasteiger charge is 2.21. The molecule has 1 aliphatic heterocycles. The topological polar surface area (TPSA) is 76.9 Å². The Hall–Kier alpha value is -1.10. The van der Waals surface area contributed by atoms with Crippen LogP contribution in [0.15, 0.2) is 9.98 Å². The normalized spacial score (nSPS) is 24.2. The molecule has 4 N–H and O–H groups in total. The summed E-state index contributed by atoms with van der Waals surface area (Å²) in [5.74, 6) is 0.182. The van der Waals surface area contributed by atoms with Gasteiger partial charge < -0.3 is 10.8 Å². The first-order valence-electron chi connectivity index (χ1n) is 3.47. The summed E-state index contributed by atoms with van der Waals surface area (Å²) >= 11 is 0. The van der Waals surface area contributed by atoms with Crippen molar-refractivity contribution in [2.75, 3.05) is 0 Å². The molecule has 0 aromatic carbocycles. The molecule has 0 aromatic rings. The molecule has 0 bridgehead atoms. The van der Waals surface area contributed by atoms with E-state index in [4.69, 9.17) is 10.8 Å². The summed E-state index contributed by atoms with van der Waals surface area (Å²) < 4.78 is 0. The number of hydrogen-bond acceptors (Lipinski definition) is 4. The number of hydrogen-bond donors (Lipinski definition) is 1. The zero-order chi connectivity index (χ0) is 8.43. The van der Waals surface area contributed by atoms with Crippen molar-refractivity contribution in [2.45, 2.75) is 26.2 Å². The molecule has 5 nitrogen and oxygen atoms in total. The monoisotopic (exact) mass is 157 g/mol. The molecule has 62 valence electrons. The molecule has 0 saturated heterocycles. The lowest BCUT2D eigenvalue weighted by molar-refractivity contribution is 0.0454. The zero-order valence-electron chi connectivity index (χ0n) is 6.65. The highest BCUT2D eigenvalue weighted by Crippen LogP contribution is 2.04. The minimum Gasteiger partial charge on any atom is -0.408 e. The van der Waals surface area contributed by atoms with Crippen LogP contribution < -0.4 is 5.73 Å². The van der Waals surface area contributed by atoms with Gasteiger partial charge in [0.05, 0.1) is 0 Å². The van der Waals surface area contributed by atoms with E-state index >= 15 is 0 Å². The molecule has 0 aliphatic carbocycles. The van der Waals surface area contributed by atoms with Gasteiger partial charge in [0, 0.05) is 6.04 Å². The molecule has 0 spiro atoms. The third kappa shape index (κ3) is 1.68. The highest BCUT2D eigenvalue weighted by molar-refractivity contribution is 5.87. The highest BCUT2D eigenvalue weighted by atomic mass is 16.3. The molecule has 11 heavy (non-hydrogen) atoms. The maximum absolute atomic E-state index is 7.46. The van der Waals surface area contributed by atoms with Gasteiger partial charge in [0.2, 0.25) is 5.96 Å². The molecule has 0 radical (unpaired) electrons. The van der Waals surface area contributed by atoms with Crippen molar-refractivity contribution in [3.63, 3.8) is 0 Å². The number of guanidine groups is 1. The first-order chi connectivity index (χ1) is 5.11. The van der Waals surface area contributed by atoms with E-state index in [1.54, 1.807) is 11.2 Å². The third-order valence-electron chi connectivity index (χ3n) is 1.46. The van der Waals surface area contributed by atoms with E-state index in [0.29, 0.717) is 0 Å². The molecule has 1 atom stereocenters. The van der Waals surface area contributed by atoms with Gasteiger partial charge in [-0.05, 0) is 13.8 Å². The van der Waals surface area contributed by atoms with E-state index in [-0.39, 0.29) is 12.0 Å². The fourth-order valence-electron chi connectivity index (χ4n) is 0.830. The largest absolute Gasteiger partial charge is 0.408 e. The van der Waals surface area contributed by atoms with Crippen molar-refractivity contribution >= 4 is 12.3 Å². The fourth-order valence-corrected chi connectivity index (χ4v) is 0.830. The minimum atomic E-state index is -0.632. The summed E-state index contributed by atoms with van der Waals surface area (Å²) in [7, 11) is 0. The van der Waals surface area contributed by atoms with Crippen molar-refractivity contribution in [1.29, 1.82) is 0 Å². The Bertz CT molecular complexity index is 199. The predicted molar refractivity (Wildman–Crippen MR) is 44.5 cm³/mol. The second-order valence-corrected chi connectivity index (χ2v) is 2.65. The summed E-state index contributed by atoms with van der Waals surface area (Å²) in [6.07, 6.45) is 0.928. The van der Waals surface area contributed by atoms with Gasteiger partial charge in [0.1, 0.15) is 6.34 Å². The number of rotatable bonds is 1. The summed E-state index contributed by atoms with van der Waals surface area (Å²) in [4.78, 5) is 9.28. The van der Waals surface area contributed by atoms with E-state index in [1.807, 2.05) is 13.8 Å². The summed E-state index contributed by atoms with van der Waals surface area (Å²) in [5, 5.41) is 7.46. The van der Waals surface area contributed by atoms with Crippen molar-refractivity contribution in [3.05, 3.63) is 0 Å². The quantitative estimate of drug-likeness (QED) is 0.499. The van der Waals surface area contributed by atoms with Crippen molar-refractivity contribution in [3.8, 4) is 0 Å². The predicted octanol–water partition coefficient (Wildman–Crippen LogP) is -0.938. The average Bonchev–Trinajstić information content (AvgIpc) is 1.85. The van der Waals surface area contributed by atoms with Gasteiger partial charge in [-0.1, -0.05) is 0 Å². The Labute approximate surface area is 65.2 Å². The van der Waals surface area contributed by atoms with Crippen LogP contribution in [0.1, 0.15) is 13.8 Å².